The highest BCUT2D eigenvalue weighted by molar-refractivity contribution is 8.00. The summed E-state index contributed by atoms with van der Waals surface area (Å²) in [6.07, 6.45) is 0. The van der Waals surface area contributed by atoms with Gasteiger partial charge in [-0.25, -0.2) is 0 Å². The number of fused-ring (bicyclic) bond motifs is 6. The minimum absolute atomic E-state index is 0.0588. The van der Waals surface area contributed by atoms with Gasteiger partial charge < -0.3 is 9.80 Å². The van der Waals surface area contributed by atoms with E-state index in [1.54, 1.807) is 12.1 Å². The van der Waals surface area contributed by atoms with Crippen LogP contribution in [0.4, 0.5) is 47.3 Å². The molecule has 0 fully saturated rings. The molecule has 0 aliphatic carbocycles. The fourth-order valence-corrected chi connectivity index (χ4v) is 8.21. The molecule has 7 aromatic carbocycles. The van der Waals surface area contributed by atoms with Crippen LogP contribution < -0.4 is 26.2 Å². The van der Waals surface area contributed by atoms with E-state index in [-0.39, 0.29) is 23.4 Å². The van der Waals surface area contributed by atoms with E-state index in [0.29, 0.717) is 0 Å². The van der Waals surface area contributed by atoms with Gasteiger partial charge in [-0.3, -0.25) is 0 Å². The molecule has 0 unspecified atom stereocenters. The number of halogens is 3. The Kier molecular flexibility index (Phi) is 6.47. The van der Waals surface area contributed by atoms with Crippen LogP contribution in [-0.2, 0) is 0 Å². The molecule has 0 saturated carbocycles. The zero-order valence-electron chi connectivity index (χ0n) is 26.2. The lowest BCUT2D eigenvalue weighted by Crippen LogP contribution is -2.61. The average molecular weight is 649 g/mol. The van der Waals surface area contributed by atoms with Gasteiger partial charge in [0.25, 0.3) is 6.71 Å². The van der Waals surface area contributed by atoms with Crippen LogP contribution >= 0.6 is 11.8 Å². The van der Waals surface area contributed by atoms with Gasteiger partial charge in [-0.2, -0.15) is 13.2 Å². The predicted octanol–water partition coefficient (Wildman–Crippen LogP) is 10.3. The number of aryl methyl sites for hydroxylation is 2. The Morgan fingerprint density at radius 2 is 0.958 bits per heavy atom. The van der Waals surface area contributed by atoms with Gasteiger partial charge in [-0.15, -0.1) is 0 Å². The van der Waals surface area contributed by atoms with Crippen molar-refractivity contribution in [2.45, 2.75) is 24.3 Å². The average Bonchev–Trinajstić information content (AvgIpc) is 3.06. The highest BCUT2D eigenvalue weighted by atomic mass is 32.2. The van der Waals surface area contributed by atoms with E-state index in [1.807, 2.05) is 60.7 Å². The molecule has 0 amide bonds. The van der Waals surface area contributed by atoms with Crippen molar-refractivity contribution in [2.24, 2.45) is 0 Å². The number of thioether (sulfide) groups is 1. The molecule has 7 aromatic rings. The van der Waals surface area contributed by atoms with Crippen molar-refractivity contribution >= 4 is 90.5 Å². The lowest BCUT2D eigenvalue weighted by atomic mass is 9.33. The zero-order chi connectivity index (χ0) is 32.7. The Morgan fingerprint density at radius 1 is 0.500 bits per heavy atom. The van der Waals surface area contributed by atoms with Crippen LogP contribution in [-0.4, -0.2) is 12.2 Å². The Balaban J connectivity index is 1.45. The third-order valence-corrected chi connectivity index (χ3v) is 10.2. The highest BCUT2D eigenvalue weighted by Gasteiger charge is 2.44. The van der Waals surface area contributed by atoms with Crippen LogP contribution in [0.1, 0.15) is 11.1 Å². The molecule has 2 aliphatic rings. The lowest BCUT2D eigenvalue weighted by molar-refractivity contribution is -0.0328. The number of rotatable bonds is 3. The standard InChI is InChI=1S/C41H28BF3N2S/c1-25-13-15-27-19-34-36(21-29(27)17-25)46(31-9-5-3-6-10-31)38-23-33(48-41(43,44)45)24-39-40(38)42(34)35-20-28-16-14-26(2)18-30(28)22-37(35)47(39)32-11-7-4-8-12-32/h3-24H,1-2H3. The summed E-state index contributed by atoms with van der Waals surface area (Å²) in [7, 11) is 0. The first-order valence-electron chi connectivity index (χ1n) is 15.9. The molecule has 48 heavy (non-hydrogen) atoms. The number of anilines is 6. The van der Waals surface area contributed by atoms with E-state index in [1.165, 1.54) is 0 Å². The van der Waals surface area contributed by atoms with Gasteiger partial charge in [0.2, 0.25) is 0 Å². The Bertz CT molecular complexity index is 2250. The third-order valence-electron chi connectivity index (χ3n) is 9.53. The van der Waals surface area contributed by atoms with Crippen molar-refractivity contribution in [2.75, 3.05) is 9.80 Å². The third kappa shape index (κ3) is 4.67. The summed E-state index contributed by atoms with van der Waals surface area (Å²) < 4.78 is 42.5. The molecule has 0 aromatic heterocycles. The maximum Gasteiger partial charge on any atom is 0.446 e. The molecule has 0 bridgehead atoms. The summed E-state index contributed by atoms with van der Waals surface area (Å²) >= 11 is -0.0588. The number of nitrogens with zero attached hydrogens (tertiary/aromatic N) is 2. The predicted molar refractivity (Wildman–Crippen MR) is 197 cm³/mol. The number of hydrogen-bond donors (Lipinski definition) is 0. The molecule has 0 radical (unpaired) electrons. The topological polar surface area (TPSA) is 6.48 Å². The first-order valence-corrected chi connectivity index (χ1v) is 16.8. The van der Waals surface area contributed by atoms with Crippen LogP contribution in [0.15, 0.2) is 138 Å². The molecular weight excluding hydrogens is 620 g/mol. The van der Waals surface area contributed by atoms with Crippen molar-refractivity contribution in [3.63, 3.8) is 0 Å². The summed E-state index contributed by atoms with van der Waals surface area (Å²) in [5.41, 5.74) is 6.34. The number of alkyl halides is 3. The van der Waals surface area contributed by atoms with Gasteiger partial charge in [-0.05, 0) is 112 Å². The first kappa shape index (κ1) is 29.0. The normalized spacial score (nSPS) is 13.5. The molecule has 0 saturated heterocycles. The SMILES string of the molecule is Cc1ccc2cc3c(cc2c1)N(c1ccccc1)c1cc(SC(F)(F)F)cc2c1B3c1cc3ccc(C)cc3cc1N2c1ccccc1. The van der Waals surface area contributed by atoms with Gasteiger partial charge in [0.1, 0.15) is 0 Å². The number of benzene rings is 7. The van der Waals surface area contributed by atoms with Gasteiger partial charge >= 0.3 is 5.51 Å². The van der Waals surface area contributed by atoms with Crippen molar-refractivity contribution in [1.29, 1.82) is 0 Å². The first-order chi connectivity index (χ1) is 23.2. The van der Waals surface area contributed by atoms with Crippen molar-refractivity contribution < 1.29 is 13.2 Å². The highest BCUT2D eigenvalue weighted by Crippen LogP contribution is 2.48. The maximum atomic E-state index is 14.2. The molecule has 2 heterocycles. The minimum atomic E-state index is -4.45. The van der Waals surface area contributed by atoms with E-state index in [2.05, 4.69) is 84.3 Å². The van der Waals surface area contributed by atoms with Crippen molar-refractivity contribution in [3.8, 4) is 0 Å². The fraction of sp³-hybridized carbons (Fsp3) is 0.0732. The van der Waals surface area contributed by atoms with Gasteiger partial charge in [-0.1, -0.05) is 96.1 Å². The van der Waals surface area contributed by atoms with Crippen LogP contribution in [0.2, 0.25) is 0 Å². The van der Waals surface area contributed by atoms with Gasteiger partial charge in [0, 0.05) is 39.0 Å². The molecule has 232 valence electrons. The Labute approximate surface area is 281 Å². The van der Waals surface area contributed by atoms with E-state index in [0.717, 1.165) is 83.2 Å². The number of hydrogen-bond acceptors (Lipinski definition) is 3. The maximum absolute atomic E-state index is 14.2. The van der Waals surface area contributed by atoms with Crippen LogP contribution in [0.3, 0.4) is 0 Å². The molecule has 2 nitrogen and oxygen atoms in total. The van der Waals surface area contributed by atoms with E-state index in [4.69, 9.17) is 0 Å². The fourth-order valence-electron chi connectivity index (χ4n) is 7.60. The Hall–Kier alpha value is -5.14. The second kappa shape index (κ2) is 10.7. The van der Waals surface area contributed by atoms with Crippen LogP contribution in [0.5, 0.6) is 0 Å². The second-order valence-corrected chi connectivity index (χ2v) is 13.9. The Morgan fingerprint density at radius 3 is 1.40 bits per heavy atom. The summed E-state index contributed by atoms with van der Waals surface area (Å²) in [5.74, 6) is 0. The molecular formula is C41H28BF3N2S. The van der Waals surface area contributed by atoms with E-state index in [9.17, 15) is 13.2 Å². The quantitative estimate of drug-likeness (QED) is 0.139. The van der Waals surface area contributed by atoms with Crippen molar-refractivity contribution in [1.82, 2.24) is 0 Å². The van der Waals surface area contributed by atoms with Crippen LogP contribution in [0, 0.1) is 13.8 Å². The summed E-state index contributed by atoms with van der Waals surface area (Å²) in [4.78, 5) is 4.47. The molecule has 9 rings (SSSR count). The van der Waals surface area contributed by atoms with Gasteiger partial charge in [0.05, 0.1) is 0 Å². The molecule has 0 N–H and O–H groups in total. The van der Waals surface area contributed by atoms with Crippen LogP contribution in [0.25, 0.3) is 21.5 Å². The van der Waals surface area contributed by atoms with E-state index >= 15 is 0 Å². The summed E-state index contributed by atoms with van der Waals surface area (Å²) in [6, 6.07) is 45.4. The van der Waals surface area contributed by atoms with Crippen molar-refractivity contribution in [3.05, 3.63) is 145 Å². The monoisotopic (exact) mass is 648 g/mol. The zero-order valence-corrected chi connectivity index (χ0v) is 27.0. The second-order valence-electron chi connectivity index (χ2n) is 12.7. The van der Waals surface area contributed by atoms with Gasteiger partial charge in [0.15, 0.2) is 0 Å². The molecule has 2 aliphatic heterocycles. The minimum Gasteiger partial charge on any atom is -0.311 e. The summed E-state index contributed by atoms with van der Waals surface area (Å²) in [5, 5.41) is 4.44. The molecule has 0 spiro atoms. The molecule has 0 atom stereocenters. The largest absolute Gasteiger partial charge is 0.446 e. The lowest BCUT2D eigenvalue weighted by Gasteiger charge is -2.44. The smallest absolute Gasteiger partial charge is 0.311 e. The number of para-hydroxylation sites is 2. The van der Waals surface area contributed by atoms with E-state index < -0.39 is 5.51 Å². The summed E-state index contributed by atoms with van der Waals surface area (Å²) in [6.45, 7) is 3.96. The molecule has 7 heteroatoms.